The summed E-state index contributed by atoms with van der Waals surface area (Å²) < 4.78 is 12.6. The molecule has 2 aliphatic rings. The number of aromatic hydroxyl groups is 1. The van der Waals surface area contributed by atoms with E-state index in [1.54, 1.807) is 41.3 Å². The molecule has 34 heavy (non-hydrogen) atoms. The molecule has 1 fully saturated rings. The SMILES string of the molecule is COc1ccccc1-n1nc(C(=O)N2CCC3(CC2)CC(=O)c2ccccc2O3)c(O)cc1=O. The molecule has 1 amide bonds. The number of hydrogen-bond acceptors (Lipinski definition) is 7. The van der Waals surface area contributed by atoms with Crippen LogP contribution in [0.25, 0.3) is 5.69 Å². The molecule has 0 bridgehead atoms. The zero-order chi connectivity index (χ0) is 23.9. The van der Waals surface area contributed by atoms with E-state index in [0.717, 1.165) is 10.7 Å². The number of carbonyl (C=O) groups is 2. The van der Waals surface area contributed by atoms with Crippen LogP contribution in [0, 0.1) is 0 Å². The maximum absolute atomic E-state index is 13.3. The normalized spacial score (nSPS) is 16.6. The van der Waals surface area contributed by atoms with Gasteiger partial charge in [0.15, 0.2) is 17.2 Å². The third kappa shape index (κ3) is 3.68. The minimum absolute atomic E-state index is 0.0322. The fourth-order valence-electron chi connectivity index (χ4n) is 4.57. The van der Waals surface area contributed by atoms with Gasteiger partial charge in [0, 0.05) is 32.0 Å². The average Bonchev–Trinajstić information content (AvgIpc) is 2.84. The second-order valence-electron chi connectivity index (χ2n) is 8.47. The standard InChI is InChI=1S/C25H23N3O6/c1-33-21-9-5-3-7-17(21)28-22(31)14-18(29)23(26-28)24(32)27-12-10-25(11-13-27)15-19(30)16-6-2-4-8-20(16)34-25/h2-9,14,29H,10-13,15H2,1H3. The summed E-state index contributed by atoms with van der Waals surface area (Å²) in [7, 11) is 1.47. The average molecular weight is 461 g/mol. The molecule has 1 saturated heterocycles. The van der Waals surface area contributed by atoms with Gasteiger partial charge in [-0.15, -0.1) is 0 Å². The minimum Gasteiger partial charge on any atom is -0.505 e. The van der Waals surface area contributed by atoms with Gasteiger partial charge >= 0.3 is 0 Å². The molecule has 2 aliphatic heterocycles. The van der Waals surface area contributed by atoms with Gasteiger partial charge in [0.25, 0.3) is 11.5 Å². The molecule has 2 aromatic carbocycles. The smallest absolute Gasteiger partial charge is 0.278 e. The molecule has 0 saturated carbocycles. The van der Waals surface area contributed by atoms with Gasteiger partial charge in [-0.25, -0.2) is 0 Å². The highest BCUT2D eigenvalue weighted by Crippen LogP contribution is 2.39. The van der Waals surface area contributed by atoms with Crippen LogP contribution in [0.1, 0.15) is 40.1 Å². The second kappa shape index (κ2) is 8.33. The number of carbonyl (C=O) groups excluding carboxylic acids is 2. The second-order valence-corrected chi connectivity index (χ2v) is 8.47. The van der Waals surface area contributed by atoms with Crippen LogP contribution in [0.3, 0.4) is 0 Å². The number of ketones is 1. The van der Waals surface area contributed by atoms with Crippen LogP contribution in [-0.2, 0) is 0 Å². The molecular weight excluding hydrogens is 438 g/mol. The number of Topliss-reactive ketones (excluding diaryl/α,β-unsaturated/α-hetero) is 1. The molecule has 0 atom stereocenters. The Balaban J connectivity index is 1.38. The summed E-state index contributed by atoms with van der Waals surface area (Å²) in [6.45, 7) is 0.645. The third-order valence-corrected chi connectivity index (χ3v) is 6.39. The summed E-state index contributed by atoms with van der Waals surface area (Å²) in [6, 6.07) is 14.9. The Morgan fingerprint density at radius 1 is 1.09 bits per heavy atom. The number of fused-ring (bicyclic) bond motifs is 1. The van der Waals surface area contributed by atoms with Crippen molar-refractivity contribution in [2.45, 2.75) is 24.9 Å². The fraction of sp³-hybridized carbons (Fsp3) is 0.280. The Labute approximate surface area is 195 Å². The summed E-state index contributed by atoms with van der Waals surface area (Å²) in [6.07, 6.45) is 1.19. The van der Waals surface area contributed by atoms with Crippen LogP contribution in [0.5, 0.6) is 17.2 Å². The van der Waals surface area contributed by atoms with E-state index in [0.29, 0.717) is 48.7 Å². The van der Waals surface area contributed by atoms with Crippen molar-refractivity contribution in [2.24, 2.45) is 0 Å². The van der Waals surface area contributed by atoms with Crippen molar-refractivity contribution in [1.82, 2.24) is 14.7 Å². The number of piperidine rings is 1. The van der Waals surface area contributed by atoms with Crippen molar-refractivity contribution in [1.29, 1.82) is 0 Å². The summed E-state index contributed by atoms with van der Waals surface area (Å²) in [5.74, 6) is 0.0185. The van der Waals surface area contributed by atoms with Gasteiger partial charge in [0.1, 0.15) is 22.8 Å². The zero-order valence-electron chi connectivity index (χ0n) is 18.6. The predicted octanol–water partition coefficient (Wildman–Crippen LogP) is 2.59. The van der Waals surface area contributed by atoms with E-state index in [2.05, 4.69) is 5.10 Å². The Morgan fingerprint density at radius 2 is 1.79 bits per heavy atom. The van der Waals surface area contributed by atoms with Gasteiger partial charge in [-0.1, -0.05) is 24.3 Å². The van der Waals surface area contributed by atoms with Crippen molar-refractivity contribution >= 4 is 11.7 Å². The molecule has 1 N–H and O–H groups in total. The molecule has 3 aromatic rings. The number of nitrogens with zero attached hydrogens (tertiary/aromatic N) is 3. The number of likely N-dealkylation sites (tertiary alicyclic amines) is 1. The highest BCUT2D eigenvalue weighted by molar-refractivity contribution is 6.00. The molecule has 0 radical (unpaired) electrons. The van der Waals surface area contributed by atoms with E-state index >= 15 is 0 Å². The molecule has 1 spiro atoms. The van der Waals surface area contributed by atoms with E-state index < -0.39 is 22.8 Å². The lowest BCUT2D eigenvalue weighted by molar-refractivity contribution is -0.00594. The summed E-state index contributed by atoms with van der Waals surface area (Å²) in [5.41, 5.74) is -0.543. The number of amides is 1. The van der Waals surface area contributed by atoms with E-state index in [4.69, 9.17) is 9.47 Å². The lowest BCUT2D eigenvalue weighted by Gasteiger charge is -2.43. The lowest BCUT2D eigenvalue weighted by atomic mass is 9.82. The van der Waals surface area contributed by atoms with Crippen LogP contribution in [0.4, 0.5) is 0 Å². The molecule has 0 unspecified atom stereocenters. The summed E-state index contributed by atoms with van der Waals surface area (Å²) in [5, 5.41) is 14.5. The van der Waals surface area contributed by atoms with E-state index in [9.17, 15) is 19.5 Å². The van der Waals surface area contributed by atoms with Crippen molar-refractivity contribution < 1.29 is 24.2 Å². The Kier molecular flexibility index (Phi) is 5.31. The quantitative estimate of drug-likeness (QED) is 0.638. The molecule has 174 valence electrons. The van der Waals surface area contributed by atoms with Crippen LogP contribution in [0.15, 0.2) is 59.4 Å². The Morgan fingerprint density at radius 3 is 2.56 bits per heavy atom. The topological polar surface area (TPSA) is 111 Å². The molecule has 0 aliphatic carbocycles. The largest absolute Gasteiger partial charge is 0.505 e. The number of methoxy groups -OCH3 is 1. The van der Waals surface area contributed by atoms with Crippen molar-refractivity contribution in [3.05, 3.63) is 76.2 Å². The molecular formula is C25H23N3O6. The zero-order valence-corrected chi connectivity index (χ0v) is 18.6. The van der Waals surface area contributed by atoms with Gasteiger partial charge in [-0.2, -0.15) is 9.78 Å². The number of benzene rings is 2. The highest BCUT2D eigenvalue weighted by atomic mass is 16.5. The number of para-hydroxylation sites is 3. The molecule has 3 heterocycles. The first-order valence-corrected chi connectivity index (χ1v) is 11.0. The Hall–Kier alpha value is -4.14. The van der Waals surface area contributed by atoms with Gasteiger partial charge < -0.3 is 19.5 Å². The third-order valence-electron chi connectivity index (χ3n) is 6.39. The summed E-state index contributed by atoms with van der Waals surface area (Å²) >= 11 is 0. The van der Waals surface area contributed by atoms with Gasteiger partial charge in [0.05, 0.1) is 19.1 Å². The molecule has 1 aromatic heterocycles. The molecule has 9 nitrogen and oxygen atoms in total. The molecule has 5 rings (SSSR count). The first-order valence-electron chi connectivity index (χ1n) is 11.0. The van der Waals surface area contributed by atoms with Crippen LogP contribution in [-0.4, -0.2) is 57.3 Å². The summed E-state index contributed by atoms with van der Waals surface area (Å²) in [4.78, 5) is 40.0. The minimum atomic E-state index is -0.659. The van der Waals surface area contributed by atoms with Crippen LogP contribution >= 0.6 is 0 Å². The fourth-order valence-corrected chi connectivity index (χ4v) is 4.57. The number of rotatable bonds is 3. The van der Waals surface area contributed by atoms with E-state index in [1.807, 2.05) is 12.1 Å². The van der Waals surface area contributed by atoms with Crippen LogP contribution < -0.4 is 15.0 Å². The van der Waals surface area contributed by atoms with Crippen LogP contribution in [0.2, 0.25) is 0 Å². The maximum atomic E-state index is 13.3. The van der Waals surface area contributed by atoms with Gasteiger partial charge in [0.2, 0.25) is 0 Å². The first kappa shape index (κ1) is 21.7. The van der Waals surface area contributed by atoms with Gasteiger partial charge in [-0.3, -0.25) is 14.4 Å². The van der Waals surface area contributed by atoms with Crippen molar-refractivity contribution in [3.63, 3.8) is 0 Å². The number of hydrogen-bond donors (Lipinski definition) is 1. The van der Waals surface area contributed by atoms with Crippen molar-refractivity contribution in [3.8, 4) is 22.9 Å². The first-order chi connectivity index (χ1) is 16.4. The van der Waals surface area contributed by atoms with E-state index in [-0.39, 0.29) is 17.9 Å². The molecule has 9 heteroatoms. The highest BCUT2D eigenvalue weighted by Gasteiger charge is 2.44. The van der Waals surface area contributed by atoms with Crippen molar-refractivity contribution in [2.75, 3.05) is 20.2 Å². The maximum Gasteiger partial charge on any atom is 0.278 e. The predicted molar refractivity (Wildman–Crippen MR) is 122 cm³/mol. The van der Waals surface area contributed by atoms with Gasteiger partial charge in [-0.05, 0) is 24.3 Å². The van der Waals surface area contributed by atoms with E-state index in [1.165, 1.54) is 7.11 Å². The number of aromatic nitrogens is 2. The lowest BCUT2D eigenvalue weighted by Crippen LogP contribution is -2.52. The number of ether oxygens (including phenoxy) is 2. The monoisotopic (exact) mass is 461 g/mol. The Bertz CT molecular complexity index is 1340.